The van der Waals surface area contributed by atoms with Crippen molar-refractivity contribution in [2.75, 3.05) is 19.7 Å². The van der Waals surface area contributed by atoms with Crippen molar-refractivity contribution in [3.63, 3.8) is 0 Å². The maximum Gasteiger partial charge on any atom is 0.323 e. The number of hydrogen-bond donors (Lipinski definition) is 0. The average molecular weight is 169 g/mol. The Morgan fingerprint density at radius 3 is 2.58 bits per heavy atom. The van der Waals surface area contributed by atoms with Crippen LogP contribution in [0.4, 0.5) is 0 Å². The second kappa shape index (κ2) is 3.05. The molecular formula is C9H15NO2. The Balaban J connectivity index is 2.04. The molecular weight excluding hydrogens is 154 g/mol. The highest BCUT2D eigenvalue weighted by Gasteiger charge is 2.39. The SMILES string of the molecule is CC1COC(=O)C1N1CCCC1. The Labute approximate surface area is 72.7 Å². The minimum atomic E-state index is -0.00981. The first kappa shape index (κ1) is 8.05. The van der Waals surface area contributed by atoms with E-state index in [0.717, 1.165) is 13.1 Å². The zero-order valence-electron chi connectivity index (χ0n) is 7.45. The largest absolute Gasteiger partial charge is 0.464 e. The van der Waals surface area contributed by atoms with Gasteiger partial charge in [0, 0.05) is 5.92 Å². The molecule has 3 heteroatoms. The highest BCUT2D eigenvalue weighted by molar-refractivity contribution is 5.78. The Morgan fingerprint density at radius 1 is 1.42 bits per heavy atom. The number of ether oxygens (including phenoxy) is 1. The summed E-state index contributed by atoms with van der Waals surface area (Å²) in [6.07, 6.45) is 2.47. The lowest BCUT2D eigenvalue weighted by molar-refractivity contribution is -0.142. The van der Waals surface area contributed by atoms with Crippen LogP contribution >= 0.6 is 0 Å². The van der Waals surface area contributed by atoms with Crippen LogP contribution in [0.5, 0.6) is 0 Å². The fourth-order valence-corrected chi connectivity index (χ4v) is 2.15. The van der Waals surface area contributed by atoms with E-state index in [9.17, 15) is 4.79 Å². The number of rotatable bonds is 1. The molecule has 0 aromatic carbocycles. The van der Waals surface area contributed by atoms with Crippen LogP contribution < -0.4 is 0 Å². The maximum atomic E-state index is 11.3. The summed E-state index contributed by atoms with van der Waals surface area (Å²) in [6.45, 7) is 4.85. The first-order chi connectivity index (χ1) is 5.79. The molecule has 3 nitrogen and oxygen atoms in total. The summed E-state index contributed by atoms with van der Waals surface area (Å²) < 4.78 is 5.01. The Kier molecular flexibility index (Phi) is 2.05. The van der Waals surface area contributed by atoms with E-state index < -0.39 is 0 Å². The summed E-state index contributed by atoms with van der Waals surface area (Å²) in [5.41, 5.74) is 0. The summed E-state index contributed by atoms with van der Waals surface area (Å²) in [4.78, 5) is 13.6. The molecule has 0 aromatic heterocycles. The quantitative estimate of drug-likeness (QED) is 0.540. The van der Waals surface area contributed by atoms with Crippen molar-refractivity contribution in [2.24, 2.45) is 5.92 Å². The van der Waals surface area contributed by atoms with Crippen molar-refractivity contribution in [1.29, 1.82) is 0 Å². The van der Waals surface area contributed by atoms with E-state index in [1.807, 2.05) is 0 Å². The number of nitrogens with zero attached hydrogens (tertiary/aromatic N) is 1. The molecule has 2 heterocycles. The van der Waals surface area contributed by atoms with Gasteiger partial charge in [0.25, 0.3) is 0 Å². The highest BCUT2D eigenvalue weighted by atomic mass is 16.5. The molecule has 2 saturated heterocycles. The van der Waals surface area contributed by atoms with Crippen molar-refractivity contribution in [2.45, 2.75) is 25.8 Å². The lowest BCUT2D eigenvalue weighted by Gasteiger charge is -2.22. The lowest BCUT2D eigenvalue weighted by Crippen LogP contribution is -2.39. The predicted molar refractivity (Wildman–Crippen MR) is 44.7 cm³/mol. The van der Waals surface area contributed by atoms with Gasteiger partial charge < -0.3 is 4.74 Å². The molecule has 2 aliphatic heterocycles. The van der Waals surface area contributed by atoms with Crippen LogP contribution in [0.15, 0.2) is 0 Å². The van der Waals surface area contributed by atoms with E-state index in [-0.39, 0.29) is 12.0 Å². The Morgan fingerprint density at radius 2 is 2.08 bits per heavy atom. The van der Waals surface area contributed by atoms with E-state index in [0.29, 0.717) is 12.5 Å². The van der Waals surface area contributed by atoms with Crippen LogP contribution in [0.1, 0.15) is 19.8 Å². The second-order valence-corrected chi connectivity index (χ2v) is 3.80. The number of carbonyl (C=O) groups is 1. The molecule has 68 valence electrons. The van der Waals surface area contributed by atoms with Crippen LogP contribution in [-0.4, -0.2) is 36.6 Å². The fraction of sp³-hybridized carbons (Fsp3) is 0.889. The van der Waals surface area contributed by atoms with Crippen LogP contribution in [-0.2, 0) is 9.53 Å². The number of cyclic esters (lactones) is 1. The number of likely N-dealkylation sites (tertiary alicyclic amines) is 1. The molecule has 2 unspecified atom stereocenters. The standard InChI is InChI=1S/C9H15NO2/c1-7-6-12-9(11)8(7)10-4-2-3-5-10/h7-8H,2-6H2,1H3. The average Bonchev–Trinajstić information content (AvgIpc) is 2.61. The van der Waals surface area contributed by atoms with Crippen molar-refractivity contribution < 1.29 is 9.53 Å². The normalized spacial score (nSPS) is 37.2. The molecule has 0 saturated carbocycles. The molecule has 2 fully saturated rings. The lowest BCUT2D eigenvalue weighted by atomic mass is 10.1. The smallest absolute Gasteiger partial charge is 0.323 e. The van der Waals surface area contributed by atoms with Crippen molar-refractivity contribution in [3.8, 4) is 0 Å². The third-order valence-electron chi connectivity index (χ3n) is 2.80. The predicted octanol–water partition coefficient (Wildman–Crippen LogP) is 0.644. The number of hydrogen-bond acceptors (Lipinski definition) is 3. The molecule has 0 radical (unpaired) electrons. The fourth-order valence-electron chi connectivity index (χ4n) is 2.15. The van der Waals surface area contributed by atoms with Gasteiger partial charge >= 0.3 is 5.97 Å². The van der Waals surface area contributed by atoms with Gasteiger partial charge in [0.05, 0.1) is 6.61 Å². The molecule has 12 heavy (non-hydrogen) atoms. The summed E-state index contributed by atoms with van der Waals surface area (Å²) in [6, 6.07) is 0.0625. The monoisotopic (exact) mass is 169 g/mol. The third-order valence-corrected chi connectivity index (χ3v) is 2.80. The van der Waals surface area contributed by atoms with E-state index >= 15 is 0 Å². The van der Waals surface area contributed by atoms with Gasteiger partial charge in [-0.3, -0.25) is 9.69 Å². The minimum absolute atomic E-state index is 0.00981. The van der Waals surface area contributed by atoms with E-state index in [2.05, 4.69) is 11.8 Å². The van der Waals surface area contributed by atoms with Gasteiger partial charge in [-0.2, -0.15) is 0 Å². The summed E-state index contributed by atoms with van der Waals surface area (Å²) in [5.74, 6) is 0.375. The molecule has 0 aliphatic carbocycles. The molecule has 2 atom stereocenters. The van der Waals surface area contributed by atoms with Crippen LogP contribution in [0, 0.1) is 5.92 Å². The zero-order valence-corrected chi connectivity index (χ0v) is 7.45. The van der Waals surface area contributed by atoms with Gasteiger partial charge in [-0.05, 0) is 25.9 Å². The Hall–Kier alpha value is -0.570. The van der Waals surface area contributed by atoms with Crippen molar-refractivity contribution in [1.82, 2.24) is 4.90 Å². The Bertz CT molecular complexity index is 187. The van der Waals surface area contributed by atoms with Crippen LogP contribution in [0.25, 0.3) is 0 Å². The van der Waals surface area contributed by atoms with E-state index in [4.69, 9.17) is 4.74 Å². The van der Waals surface area contributed by atoms with Crippen molar-refractivity contribution in [3.05, 3.63) is 0 Å². The first-order valence-electron chi connectivity index (χ1n) is 4.70. The van der Waals surface area contributed by atoms with Gasteiger partial charge in [-0.25, -0.2) is 0 Å². The highest BCUT2D eigenvalue weighted by Crippen LogP contribution is 2.23. The summed E-state index contributed by atoms with van der Waals surface area (Å²) in [5, 5.41) is 0. The van der Waals surface area contributed by atoms with Gasteiger partial charge in [0.15, 0.2) is 0 Å². The molecule has 0 spiro atoms. The summed E-state index contributed by atoms with van der Waals surface area (Å²) in [7, 11) is 0. The maximum absolute atomic E-state index is 11.3. The molecule has 2 rings (SSSR count). The molecule has 0 amide bonds. The molecule has 0 aromatic rings. The molecule has 2 aliphatic rings. The van der Waals surface area contributed by atoms with E-state index in [1.54, 1.807) is 0 Å². The van der Waals surface area contributed by atoms with Gasteiger partial charge in [-0.1, -0.05) is 6.92 Å². The molecule has 0 bridgehead atoms. The van der Waals surface area contributed by atoms with Gasteiger partial charge in [-0.15, -0.1) is 0 Å². The first-order valence-corrected chi connectivity index (χ1v) is 4.70. The topological polar surface area (TPSA) is 29.5 Å². The van der Waals surface area contributed by atoms with Crippen molar-refractivity contribution >= 4 is 5.97 Å². The minimum Gasteiger partial charge on any atom is -0.464 e. The van der Waals surface area contributed by atoms with Gasteiger partial charge in [0.2, 0.25) is 0 Å². The number of carbonyl (C=O) groups excluding carboxylic acids is 1. The molecule has 0 N–H and O–H groups in total. The third kappa shape index (κ3) is 1.22. The van der Waals surface area contributed by atoms with E-state index in [1.165, 1.54) is 12.8 Å². The summed E-state index contributed by atoms with van der Waals surface area (Å²) >= 11 is 0. The van der Waals surface area contributed by atoms with Crippen LogP contribution in [0.3, 0.4) is 0 Å². The van der Waals surface area contributed by atoms with Crippen LogP contribution in [0.2, 0.25) is 0 Å². The zero-order chi connectivity index (χ0) is 8.55. The number of esters is 1. The second-order valence-electron chi connectivity index (χ2n) is 3.80. The van der Waals surface area contributed by atoms with Gasteiger partial charge in [0.1, 0.15) is 6.04 Å².